The van der Waals surface area contributed by atoms with Gasteiger partial charge in [0, 0.05) is 44.5 Å². The molecule has 0 bridgehead atoms. The molecule has 1 fully saturated rings. The van der Waals surface area contributed by atoms with Crippen molar-refractivity contribution in [2.45, 2.75) is 76.6 Å². The molecule has 0 radical (unpaired) electrons. The number of ether oxygens (including phenoxy) is 2. The molecule has 0 unspecified atom stereocenters. The first-order valence-corrected chi connectivity index (χ1v) is 18.2. The van der Waals surface area contributed by atoms with E-state index in [1.54, 1.807) is 12.1 Å². The third kappa shape index (κ3) is 11.6. The van der Waals surface area contributed by atoms with Crippen molar-refractivity contribution >= 4 is 23.2 Å². The van der Waals surface area contributed by atoms with Crippen LogP contribution < -0.4 is 16.4 Å². The molecular formula is C43H52N4O5. The van der Waals surface area contributed by atoms with Crippen molar-refractivity contribution in [3.63, 3.8) is 0 Å². The molecule has 1 aliphatic heterocycles. The minimum Gasteiger partial charge on any atom is -0.397 e. The van der Waals surface area contributed by atoms with Gasteiger partial charge in [0.2, 0.25) is 11.8 Å². The molecule has 52 heavy (non-hydrogen) atoms. The summed E-state index contributed by atoms with van der Waals surface area (Å²) in [5.74, 6) is -0.0304. The Balaban J connectivity index is 1.12. The molecule has 1 heterocycles. The zero-order valence-electron chi connectivity index (χ0n) is 30.1. The summed E-state index contributed by atoms with van der Waals surface area (Å²) in [4.78, 5) is 27.0. The maximum atomic E-state index is 12.6. The van der Waals surface area contributed by atoms with Crippen LogP contribution in [-0.2, 0) is 32.2 Å². The van der Waals surface area contributed by atoms with E-state index in [0.29, 0.717) is 37.2 Å². The van der Waals surface area contributed by atoms with Gasteiger partial charge in [-0.1, -0.05) is 91.7 Å². The number of nitrogens with one attached hydrogen (secondary N) is 2. The number of aliphatic hydroxyl groups is 1. The first-order valence-electron chi connectivity index (χ1n) is 18.2. The van der Waals surface area contributed by atoms with Crippen LogP contribution in [0.25, 0.3) is 11.1 Å². The second kappa shape index (κ2) is 19.7. The highest BCUT2D eigenvalue weighted by molar-refractivity contribution is 5.93. The fourth-order valence-corrected chi connectivity index (χ4v) is 6.44. The van der Waals surface area contributed by atoms with Crippen molar-refractivity contribution in [1.29, 1.82) is 0 Å². The molecule has 9 heteroatoms. The highest BCUT2D eigenvalue weighted by Gasteiger charge is 2.32. The van der Waals surface area contributed by atoms with E-state index in [4.69, 9.17) is 15.2 Å². The van der Waals surface area contributed by atoms with E-state index in [1.807, 2.05) is 66.7 Å². The number of benzene rings is 4. The predicted octanol–water partition coefficient (Wildman–Crippen LogP) is 7.69. The number of para-hydroxylation sites is 2. The number of rotatable bonds is 18. The van der Waals surface area contributed by atoms with Gasteiger partial charge in [0.1, 0.15) is 0 Å². The second-order valence-corrected chi connectivity index (χ2v) is 13.5. The molecule has 1 saturated heterocycles. The Hall–Kier alpha value is -4.80. The molecule has 4 aromatic carbocycles. The minimum absolute atomic E-state index is 0.00380. The molecule has 1 aliphatic rings. The van der Waals surface area contributed by atoms with Crippen LogP contribution in [0.15, 0.2) is 110 Å². The monoisotopic (exact) mass is 704 g/mol. The summed E-state index contributed by atoms with van der Waals surface area (Å²) in [5, 5.41) is 15.4. The topological polar surface area (TPSA) is 126 Å². The molecule has 0 saturated carbocycles. The quantitative estimate of drug-likeness (QED) is 0.0476. The maximum absolute atomic E-state index is 12.6. The summed E-state index contributed by atoms with van der Waals surface area (Å²) in [6.45, 7) is 5.83. The van der Waals surface area contributed by atoms with Gasteiger partial charge in [-0.3, -0.25) is 9.59 Å². The smallest absolute Gasteiger partial charge is 0.224 e. The molecule has 4 aromatic rings. The first kappa shape index (κ1) is 38.4. The van der Waals surface area contributed by atoms with Gasteiger partial charge in [-0.2, -0.15) is 0 Å². The average Bonchev–Trinajstić information content (AvgIpc) is 3.16. The van der Waals surface area contributed by atoms with Crippen LogP contribution >= 0.6 is 0 Å². The summed E-state index contributed by atoms with van der Waals surface area (Å²) < 4.78 is 13.1. The number of carbonyl (C=O) groups excluding carboxylic acids is 2. The molecule has 5 N–H and O–H groups in total. The Kier molecular flexibility index (Phi) is 14.6. The molecule has 9 nitrogen and oxygen atoms in total. The third-order valence-electron chi connectivity index (χ3n) is 9.27. The van der Waals surface area contributed by atoms with E-state index in [1.165, 1.54) is 0 Å². The number of hydrogen-bond donors (Lipinski definition) is 4. The average molecular weight is 705 g/mol. The maximum Gasteiger partial charge on any atom is 0.224 e. The lowest BCUT2D eigenvalue weighted by Crippen LogP contribution is -2.37. The number of carbonyl (C=O) groups is 2. The number of nitrogen functional groups attached to an aromatic ring is 1. The van der Waals surface area contributed by atoms with Crippen molar-refractivity contribution in [2.75, 3.05) is 31.2 Å². The Labute approximate surface area is 307 Å². The summed E-state index contributed by atoms with van der Waals surface area (Å²) in [5.41, 5.74) is 13.0. The standard InChI is InChI=1S/C43H52N4O5/c1-3-24-47(2)29-37-27-40(33-22-20-31(30-48)21-23-33)52-43(51-37)36-15-11-14-35(26-36)34-13-10-12-32(25-34)28-45-41(49)18-6-4-5-7-19-42(50)46-39-17-9-8-16-38(39)44/h3,8-17,20-23,25-26,37,40,43,48H,1,4-7,18-19,24,27-30,44H2,2H3,(H,45,49)(H,46,50)/t37-,40+,43+/m0/s1. The van der Waals surface area contributed by atoms with Crippen LogP contribution in [0.5, 0.6) is 0 Å². The van der Waals surface area contributed by atoms with Crippen LogP contribution in [0.3, 0.4) is 0 Å². The predicted molar refractivity (Wildman–Crippen MR) is 207 cm³/mol. The number of likely N-dealkylation sites (N-methyl/N-ethyl adjacent to an activating group) is 1. The van der Waals surface area contributed by atoms with Crippen molar-refractivity contribution in [3.05, 3.63) is 132 Å². The SMILES string of the molecule is C=CCN(C)C[C@@H]1C[C@H](c2ccc(CO)cc2)O[C@H](c2cccc(-c3cccc(CNC(=O)CCCCCCC(=O)Nc4ccccc4N)c3)c2)O1. The highest BCUT2D eigenvalue weighted by atomic mass is 16.7. The largest absolute Gasteiger partial charge is 0.397 e. The van der Waals surface area contributed by atoms with Crippen LogP contribution in [-0.4, -0.2) is 48.1 Å². The Morgan fingerprint density at radius 3 is 2.29 bits per heavy atom. The lowest BCUT2D eigenvalue weighted by molar-refractivity contribution is -0.252. The summed E-state index contributed by atoms with van der Waals surface area (Å²) in [6.07, 6.45) is 6.04. The third-order valence-corrected chi connectivity index (χ3v) is 9.27. The number of aliphatic hydroxyl groups excluding tert-OH is 1. The van der Waals surface area contributed by atoms with E-state index >= 15 is 0 Å². The normalized spacial score (nSPS) is 17.1. The number of hydrogen-bond acceptors (Lipinski definition) is 7. The van der Waals surface area contributed by atoms with E-state index in [0.717, 1.165) is 72.2 Å². The zero-order valence-corrected chi connectivity index (χ0v) is 30.1. The van der Waals surface area contributed by atoms with Crippen molar-refractivity contribution < 1.29 is 24.2 Å². The summed E-state index contributed by atoms with van der Waals surface area (Å²) in [7, 11) is 2.06. The fraction of sp³-hybridized carbons (Fsp3) is 0.349. The van der Waals surface area contributed by atoms with E-state index in [2.05, 4.69) is 53.4 Å². The van der Waals surface area contributed by atoms with Gasteiger partial charge in [0.25, 0.3) is 0 Å². The van der Waals surface area contributed by atoms with Crippen molar-refractivity contribution in [3.8, 4) is 11.1 Å². The Bertz CT molecular complexity index is 1760. The summed E-state index contributed by atoms with van der Waals surface area (Å²) >= 11 is 0. The van der Waals surface area contributed by atoms with Gasteiger partial charge in [0.15, 0.2) is 6.29 Å². The van der Waals surface area contributed by atoms with Crippen molar-refractivity contribution in [2.24, 2.45) is 0 Å². The highest BCUT2D eigenvalue weighted by Crippen LogP contribution is 2.39. The van der Waals surface area contributed by atoms with Gasteiger partial charge in [0.05, 0.1) is 30.2 Å². The molecule has 0 aromatic heterocycles. The molecule has 274 valence electrons. The van der Waals surface area contributed by atoms with E-state index < -0.39 is 6.29 Å². The number of unbranched alkanes of at least 4 members (excludes halogenated alkanes) is 3. The Morgan fingerprint density at radius 1 is 0.846 bits per heavy atom. The molecule has 5 rings (SSSR count). The van der Waals surface area contributed by atoms with Gasteiger partial charge < -0.3 is 35.8 Å². The number of amides is 2. The number of anilines is 2. The van der Waals surface area contributed by atoms with Gasteiger partial charge in [-0.05, 0) is 72.0 Å². The molecule has 3 atom stereocenters. The first-order chi connectivity index (χ1) is 25.3. The molecule has 0 spiro atoms. The van der Waals surface area contributed by atoms with Crippen LogP contribution in [0.1, 0.15) is 79.6 Å². The molecule has 0 aliphatic carbocycles. The minimum atomic E-state index is -0.549. The van der Waals surface area contributed by atoms with Crippen LogP contribution in [0.4, 0.5) is 11.4 Å². The lowest BCUT2D eigenvalue weighted by atomic mass is 9.98. The van der Waals surface area contributed by atoms with Gasteiger partial charge in [-0.25, -0.2) is 0 Å². The second-order valence-electron chi connectivity index (χ2n) is 13.5. The van der Waals surface area contributed by atoms with E-state index in [-0.39, 0.29) is 30.6 Å². The van der Waals surface area contributed by atoms with E-state index in [9.17, 15) is 14.7 Å². The molecular weight excluding hydrogens is 652 g/mol. The van der Waals surface area contributed by atoms with Gasteiger partial charge in [-0.15, -0.1) is 6.58 Å². The fourth-order valence-electron chi connectivity index (χ4n) is 6.44. The zero-order chi connectivity index (χ0) is 36.7. The van der Waals surface area contributed by atoms with Crippen molar-refractivity contribution in [1.82, 2.24) is 10.2 Å². The number of nitrogens with two attached hydrogens (primary N) is 1. The lowest BCUT2D eigenvalue weighted by Gasteiger charge is -2.37. The molecule has 2 amide bonds. The van der Waals surface area contributed by atoms with Gasteiger partial charge >= 0.3 is 0 Å². The van der Waals surface area contributed by atoms with Crippen LogP contribution in [0.2, 0.25) is 0 Å². The number of nitrogens with zero attached hydrogens (tertiary/aromatic N) is 1. The summed E-state index contributed by atoms with van der Waals surface area (Å²) in [6, 6.07) is 31.6. The van der Waals surface area contributed by atoms with Crippen LogP contribution in [0, 0.1) is 0 Å². The Morgan fingerprint density at radius 2 is 1.56 bits per heavy atom.